The Kier molecular flexibility index (Phi) is 12.5. The summed E-state index contributed by atoms with van der Waals surface area (Å²) in [5.41, 5.74) is 1.84. The standard InChI is InChI=1S/C24H40O4/c1-9-20(7)21(22(25)27-11-3)23(26)28-24(8,10-2)17-13-16-19(6)15-12-14-18(4)5/h10,14,16,20-21H,2,9,11-13,15,17H2,1,3-8H3. The lowest BCUT2D eigenvalue weighted by atomic mass is 9.91. The summed E-state index contributed by atoms with van der Waals surface area (Å²) in [5.74, 6) is -2.08. The molecule has 0 spiro atoms. The molecule has 0 fully saturated rings. The first kappa shape index (κ1) is 26.2. The van der Waals surface area contributed by atoms with Crippen molar-refractivity contribution in [2.75, 3.05) is 6.61 Å². The van der Waals surface area contributed by atoms with Gasteiger partial charge >= 0.3 is 11.9 Å². The summed E-state index contributed by atoms with van der Waals surface area (Å²) in [6.07, 6.45) is 10.2. The van der Waals surface area contributed by atoms with Crippen molar-refractivity contribution in [1.29, 1.82) is 0 Å². The fraction of sp³-hybridized carbons (Fsp3) is 0.667. The number of hydrogen-bond acceptors (Lipinski definition) is 4. The molecule has 0 aromatic heterocycles. The van der Waals surface area contributed by atoms with Gasteiger partial charge in [-0.2, -0.15) is 0 Å². The number of allylic oxidation sites excluding steroid dienone is 4. The van der Waals surface area contributed by atoms with E-state index < -0.39 is 23.5 Å². The topological polar surface area (TPSA) is 52.6 Å². The van der Waals surface area contributed by atoms with E-state index >= 15 is 0 Å². The van der Waals surface area contributed by atoms with Gasteiger partial charge in [-0.1, -0.05) is 50.1 Å². The third-order valence-corrected chi connectivity index (χ3v) is 5.00. The summed E-state index contributed by atoms with van der Waals surface area (Å²) in [7, 11) is 0. The lowest BCUT2D eigenvalue weighted by Gasteiger charge is -2.29. The van der Waals surface area contributed by atoms with E-state index in [1.807, 2.05) is 20.8 Å². The molecule has 0 saturated carbocycles. The van der Waals surface area contributed by atoms with Crippen LogP contribution in [0.15, 0.2) is 36.0 Å². The highest BCUT2D eigenvalue weighted by molar-refractivity contribution is 5.95. The van der Waals surface area contributed by atoms with Crippen LogP contribution in [0.25, 0.3) is 0 Å². The zero-order chi connectivity index (χ0) is 21.7. The maximum Gasteiger partial charge on any atom is 0.321 e. The van der Waals surface area contributed by atoms with Crippen molar-refractivity contribution in [1.82, 2.24) is 0 Å². The summed E-state index contributed by atoms with van der Waals surface area (Å²) >= 11 is 0. The fourth-order valence-corrected chi connectivity index (χ4v) is 2.81. The normalized spacial score (nSPS) is 15.8. The van der Waals surface area contributed by atoms with Gasteiger partial charge in [0, 0.05) is 0 Å². The molecule has 0 N–H and O–H groups in total. The minimum atomic E-state index is -0.898. The molecule has 160 valence electrons. The highest BCUT2D eigenvalue weighted by Crippen LogP contribution is 2.26. The van der Waals surface area contributed by atoms with E-state index in [0.717, 1.165) is 19.3 Å². The van der Waals surface area contributed by atoms with E-state index in [1.54, 1.807) is 13.0 Å². The SMILES string of the molecule is C=CC(C)(CCC=C(C)CCC=C(C)C)OC(=O)C(C(=O)OCC)C(C)CC. The highest BCUT2D eigenvalue weighted by atomic mass is 16.6. The molecule has 0 aliphatic carbocycles. The third kappa shape index (κ3) is 9.91. The average Bonchev–Trinajstić information content (AvgIpc) is 2.61. The van der Waals surface area contributed by atoms with Gasteiger partial charge in [0.2, 0.25) is 0 Å². The molecule has 0 saturated heterocycles. The summed E-state index contributed by atoms with van der Waals surface area (Å²) in [6.45, 7) is 17.8. The molecular formula is C24H40O4. The number of ether oxygens (including phenoxy) is 2. The van der Waals surface area contributed by atoms with Crippen LogP contribution in [0.4, 0.5) is 0 Å². The molecule has 0 aromatic carbocycles. The predicted octanol–water partition coefficient (Wildman–Crippen LogP) is 6.17. The molecule has 3 unspecified atom stereocenters. The van der Waals surface area contributed by atoms with Gasteiger partial charge in [-0.25, -0.2) is 0 Å². The monoisotopic (exact) mass is 392 g/mol. The predicted molar refractivity (Wildman–Crippen MR) is 116 cm³/mol. The van der Waals surface area contributed by atoms with Crippen LogP contribution in [0.1, 0.15) is 80.6 Å². The Hall–Kier alpha value is -1.84. The van der Waals surface area contributed by atoms with Crippen LogP contribution >= 0.6 is 0 Å². The van der Waals surface area contributed by atoms with Crippen LogP contribution in [0.5, 0.6) is 0 Å². The lowest BCUT2D eigenvalue weighted by molar-refractivity contribution is -0.171. The zero-order valence-electron chi connectivity index (χ0n) is 19.0. The average molecular weight is 393 g/mol. The Labute approximate surface area is 172 Å². The van der Waals surface area contributed by atoms with Gasteiger partial charge in [0.05, 0.1) is 6.61 Å². The molecule has 0 aliphatic rings. The smallest absolute Gasteiger partial charge is 0.321 e. The van der Waals surface area contributed by atoms with Crippen LogP contribution in [-0.2, 0) is 19.1 Å². The number of esters is 2. The van der Waals surface area contributed by atoms with Crippen molar-refractivity contribution < 1.29 is 19.1 Å². The van der Waals surface area contributed by atoms with Gasteiger partial charge in [0.15, 0.2) is 5.92 Å². The summed E-state index contributed by atoms with van der Waals surface area (Å²) in [6, 6.07) is 0. The molecule has 0 rings (SSSR count). The Balaban J connectivity index is 4.96. The van der Waals surface area contributed by atoms with Crippen molar-refractivity contribution >= 4 is 11.9 Å². The summed E-state index contributed by atoms with van der Waals surface area (Å²) in [4.78, 5) is 25.0. The van der Waals surface area contributed by atoms with Crippen LogP contribution in [-0.4, -0.2) is 24.1 Å². The van der Waals surface area contributed by atoms with Gasteiger partial charge < -0.3 is 9.47 Å². The van der Waals surface area contributed by atoms with Gasteiger partial charge in [0.1, 0.15) is 5.60 Å². The minimum Gasteiger partial charge on any atom is -0.465 e. The molecule has 28 heavy (non-hydrogen) atoms. The van der Waals surface area contributed by atoms with E-state index in [0.29, 0.717) is 12.8 Å². The molecule has 0 aromatic rings. The lowest BCUT2D eigenvalue weighted by Crippen LogP contribution is -2.39. The Morgan fingerprint density at radius 3 is 2.21 bits per heavy atom. The molecule has 0 radical (unpaired) electrons. The molecule has 0 bridgehead atoms. The Bertz CT molecular complexity index is 569. The number of carbonyl (C=O) groups is 2. The second-order valence-corrected chi connectivity index (χ2v) is 7.96. The Morgan fingerprint density at radius 1 is 1.07 bits per heavy atom. The first-order chi connectivity index (χ1) is 13.1. The van der Waals surface area contributed by atoms with E-state index in [2.05, 4.69) is 39.5 Å². The van der Waals surface area contributed by atoms with Gasteiger partial charge in [-0.15, -0.1) is 0 Å². The van der Waals surface area contributed by atoms with Gasteiger partial charge in [0.25, 0.3) is 0 Å². The molecular weight excluding hydrogens is 352 g/mol. The van der Waals surface area contributed by atoms with E-state index in [9.17, 15) is 9.59 Å². The van der Waals surface area contributed by atoms with Crippen molar-refractivity contribution in [2.24, 2.45) is 11.8 Å². The Morgan fingerprint density at radius 2 is 1.71 bits per heavy atom. The maximum atomic E-state index is 12.7. The van der Waals surface area contributed by atoms with E-state index in [4.69, 9.17) is 9.47 Å². The van der Waals surface area contributed by atoms with E-state index in [-0.39, 0.29) is 12.5 Å². The van der Waals surface area contributed by atoms with Crippen LogP contribution < -0.4 is 0 Å². The second-order valence-electron chi connectivity index (χ2n) is 7.96. The second kappa shape index (κ2) is 13.4. The third-order valence-electron chi connectivity index (χ3n) is 5.00. The quantitative estimate of drug-likeness (QED) is 0.213. The zero-order valence-corrected chi connectivity index (χ0v) is 19.0. The number of hydrogen-bond donors (Lipinski definition) is 0. The highest BCUT2D eigenvalue weighted by Gasteiger charge is 2.37. The fourth-order valence-electron chi connectivity index (χ4n) is 2.81. The molecule has 0 amide bonds. The van der Waals surface area contributed by atoms with Crippen molar-refractivity contribution in [3.63, 3.8) is 0 Å². The summed E-state index contributed by atoms with van der Waals surface area (Å²) in [5, 5.41) is 0. The first-order valence-corrected chi connectivity index (χ1v) is 10.4. The first-order valence-electron chi connectivity index (χ1n) is 10.4. The number of carbonyl (C=O) groups excluding carboxylic acids is 2. The number of rotatable bonds is 13. The van der Waals surface area contributed by atoms with Crippen LogP contribution in [0.3, 0.4) is 0 Å². The van der Waals surface area contributed by atoms with Crippen LogP contribution in [0.2, 0.25) is 0 Å². The molecule has 3 atom stereocenters. The van der Waals surface area contributed by atoms with Crippen molar-refractivity contribution in [3.8, 4) is 0 Å². The summed E-state index contributed by atoms with van der Waals surface area (Å²) < 4.78 is 10.8. The van der Waals surface area contributed by atoms with E-state index in [1.165, 1.54) is 11.1 Å². The molecule has 0 heterocycles. The largest absolute Gasteiger partial charge is 0.465 e. The van der Waals surface area contributed by atoms with Crippen molar-refractivity contribution in [2.45, 2.75) is 86.2 Å². The van der Waals surface area contributed by atoms with Crippen LogP contribution in [0, 0.1) is 11.8 Å². The van der Waals surface area contributed by atoms with Crippen molar-refractivity contribution in [3.05, 3.63) is 36.0 Å². The van der Waals surface area contributed by atoms with Gasteiger partial charge in [-0.05, 0) is 72.3 Å². The van der Waals surface area contributed by atoms with Gasteiger partial charge in [-0.3, -0.25) is 9.59 Å². The molecule has 4 heteroatoms. The minimum absolute atomic E-state index is 0.141. The molecule has 0 aliphatic heterocycles. The maximum absolute atomic E-state index is 12.7. The molecule has 4 nitrogen and oxygen atoms in total.